The average molecular weight is 325 g/mol. The van der Waals surface area contributed by atoms with Gasteiger partial charge in [0.05, 0.1) is 17.7 Å². The van der Waals surface area contributed by atoms with E-state index in [1.54, 1.807) is 0 Å². The van der Waals surface area contributed by atoms with Crippen molar-refractivity contribution in [2.75, 3.05) is 12.3 Å². The number of nitrogen functional groups attached to an aromatic ring is 1. The summed E-state index contributed by atoms with van der Waals surface area (Å²) in [4.78, 5) is 18.3. The topological polar surface area (TPSA) is 170 Å². The van der Waals surface area contributed by atoms with Gasteiger partial charge in [-0.2, -0.15) is 0 Å². The molecule has 3 heterocycles. The fourth-order valence-corrected chi connectivity index (χ4v) is 2.80. The van der Waals surface area contributed by atoms with Gasteiger partial charge in [-0.05, 0) is 6.92 Å². The van der Waals surface area contributed by atoms with Crippen LogP contribution < -0.4 is 5.73 Å². The van der Waals surface area contributed by atoms with Gasteiger partial charge in [-0.25, -0.2) is 9.97 Å². The highest BCUT2D eigenvalue weighted by Crippen LogP contribution is 2.42. The fraction of sp³-hybridized carbons (Fsp3) is 0.500. The Labute approximate surface area is 129 Å². The fourth-order valence-electron chi connectivity index (χ4n) is 2.80. The predicted octanol–water partition coefficient (Wildman–Crippen LogP) is -1.08. The minimum absolute atomic E-state index is 0.0128. The standard InChI is InChI=1S/C12H15N5O6/c1-12(20)8(19)6(3-18)23-11(12)16-2-5(17(21)22)7-9(13)14-4-15-10(7)16/h2,4,6,8,11,18-20H,3H2,1H3,(H2,13,14,15)/t6-,8-,11?,12?/m1/s1. The molecule has 1 saturated heterocycles. The first-order valence-electron chi connectivity index (χ1n) is 6.71. The van der Waals surface area contributed by atoms with Crippen LogP contribution in [0.3, 0.4) is 0 Å². The summed E-state index contributed by atoms with van der Waals surface area (Å²) in [5, 5.41) is 41.0. The summed E-state index contributed by atoms with van der Waals surface area (Å²) < 4.78 is 6.67. The van der Waals surface area contributed by atoms with Crippen LogP contribution in [-0.2, 0) is 4.74 Å². The maximum atomic E-state index is 11.2. The first-order valence-corrected chi connectivity index (χ1v) is 6.71. The molecule has 23 heavy (non-hydrogen) atoms. The summed E-state index contributed by atoms with van der Waals surface area (Å²) in [5.41, 5.74) is 3.63. The van der Waals surface area contributed by atoms with Gasteiger partial charge in [-0.15, -0.1) is 0 Å². The number of aliphatic hydroxyl groups is 3. The third kappa shape index (κ3) is 2.13. The summed E-state index contributed by atoms with van der Waals surface area (Å²) in [5.74, 6) is -0.0858. The normalized spacial score (nSPS) is 30.9. The van der Waals surface area contributed by atoms with E-state index in [0.717, 1.165) is 12.5 Å². The lowest BCUT2D eigenvalue weighted by Crippen LogP contribution is -2.44. The summed E-state index contributed by atoms with van der Waals surface area (Å²) >= 11 is 0. The number of ether oxygens (including phenoxy) is 1. The molecule has 4 atom stereocenters. The van der Waals surface area contributed by atoms with Gasteiger partial charge >= 0.3 is 0 Å². The van der Waals surface area contributed by atoms with Gasteiger partial charge in [0.2, 0.25) is 0 Å². The molecule has 3 rings (SSSR count). The number of nitrogens with zero attached hydrogens (tertiary/aromatic N) is 4. The number of rotatable bonds is 3. The van der Waals surface area contributed by atoms with Crippen molar-refractivity contribution >= 4 is 22.5 Å². The molecular formula is C12H15N5O6. The van der Waals surface area contributed by atoms with Gasteiger partial charge < -0.3 is 25.8 Å². The first-order chi connectivity index (χ1) is 10.8. The minimum atomic E-state index is -1.80. The molecule has 0 saturated carbocycles. The lowest BCUT2D eigenvalue weighted by atomic mass is 9.96. The van der Waals surface area contributed by atoms with Crippen molar-refractivity contribution in [3.63, 3.8) is 0 Å². The number of anilines is 1. The Hall–Kier alpha value is -2.34. The maximum Gasteiger partial charge on any atom is 0.300 e. The van der Waals surface area contributed by atoms with Crippen LogP contribution in [0.15, 0.2) is 12.5 Å². The Morgan fingerprint density at radius 3 is 2.83 bits per heavy atom. The summed E-state index contributed by atoms with van der Waals surface area (Å²) in [6.07, 6.45) is -1.37. The molecule has 1 aliphatic rings. The van der Waals surface area contributed by atoms with E-state index in [-0.39, 0.29) is 22.5 Å². The number of aromatic nitrogens is 3. The minimum Gasteiger partial charge on any atom is -0.394 e. The number of nitrogens with two attached hydrogens (primary N) is 1. The van der Waals surface area contributed by atoms with Crippen LogP contribution in [0.4, 0.5) is 11.5 Å². The van der Waals surface area contributed by atoms with Crippen molar-refractivity contribution in [3.8, 4) is 0 Å². The summed E-state index contributed by atoms with van der Waals surface area (Å²) in [6.45, 7) is 0.784. The Bertz CT molecular complexity index is 775. The van der Waals surface area contributed by atoms with Gasteiger partial charge in [-0.1, -0.05) is 0 Å². The quantitative estimate of drug-likeness (QED) is 0.405. The maximum absolute atomic E-state index is 11.2. The third-order valence-electron chi connectivity index (χ3n) is 4.00. The van der Waals surface area contributed by atoms with E-state index in [1.807, 2.05) is 0 Å². The number of fused-ring (bicyclic) bond motifs is 1. The highest BCUT2D eigenvalue weighted by molar-refractivity contribution is 5.95. The molecule has 5 N–H and O–H groups in total. The molecule has 1 fully saturated rings. The second-order valence-electron chi connectivity index (χ2n) is 5.52. The highest BCUT2D eigenvalue weighted by atomic mass is 16.6. The smallest absolute Gasteiger partial charge is 0.300 e. The van der Waals surface area contributed by atoms with Crippen molar-refractivity contribution in [2.24, 2.45) is 0 Å². The van der Waals surface area contributed by atoms with E-state index in [4.69, 9.17) is 10.5 Å². The van der Waals surface area contributed by atoms with Crippen LogP contribution in [0, 0.1) is 10.1 Å². The van der Waals surface area contributed by atoms with E-state index in [0.29, 0.717) is 0 Å². The van der Waals surface area contributed by atoms with E-state index < -0.39 is 35.6 Å². The van der Waals surface area contributed by atoms with Crippen molar-refractivity contribution in [3.05, 3.63) is 22.6 Å². The molecule has 11 heteroatoms. The van der Waals surface area contributed by atoms with Gasteiger partial charge in [-0.3, -0.25) is 14.7 Å². The lowest BCUT2D eigenvalue weighted by Gasteiger charge is -2.27. The molecule has 0 aromatic carbocycles. The van der Waals surface area contributed by atoms with E-state index >= 15 is 0 Å². The zero-order chi connectivity index (χ0) is 16.9. The summed E-state index contributed by atoms with van der Waals surface area (Å²) in [6, 6.07) is 0. The zero-order valence-corrected chi connectivity index (χ0v) is 12.0. The molecule has 0 amide bonds. The van der Waals surface area contributed by atoms with Crippen molar-refractivity contribution in [2.45, 2.75) is 31.0 Å². The van der Waals surface area contributed by atoms with E-state index in [1.165, 1.54) is 11.5 Å². The Kier molecular flexibility index (Phi) is 3.44. The number of aliphatic hydroxyl groups excluding tert-OH is 2. The number of hydrogen-bond donors (Lipinski definition) is 4. The molecule has 2 aromatic rings. The average Bonchev–Trinajstić information content (AvgIpc) is 2.97. The van der Waals surface area contributed by atoms with Crippen LogP contribution in [0.25, 0.3) is 11.0 Å². The first kappa shape index (κ1) is 15.6. The number of hydrogen-bond acceptors (Lipinski definition) is 9. The second kappa shape index (κ2) is 5.09. The lowest BCUT2D eigenvalue weighted by molar-refractivity contribution is -0.383. The van der Waals surface area contributed by atoms with Gasteiger partial charge in [0.25, 0.3) is 5.69 Å². The van der Waals surface area contributed by atoms with Crippen LogP contribution in [0.5, 0.6) is 0 Å². The van der Waals surface area contributed by atoms with Gasteiger partial charge in [0.1, 0.15) is 35.3 Å². The molecule has 2 unspecified atom stereocenters. The monoisotopic (exact) mass is 325 g/mol. The zero-order valence-electron chi connectivity index (χ0n) is 12.0. The summed E-state index contributed by atoms with van der Waals surface area (Å²) in [7, 11) is 0. The molecule has 0 spiro atoms. The SMILES string of the molecule is CC1(O)C(n2cc([N+](=O)[O-])c3c(N)ncnc32)O[C@H](CO)[C@H]1O. The molecule has 0 bridgehead atoms. The Balaban J connectivity index is 2.21. The van der Waals surface area contributed by atoms with Gasteiger partial charge in [0.15, 0.2) is 11.9 Å². The molecular weight excluding hydrogens is 310 g/mol. The molecule has 124 valence electrons. The Morgan fingerprint density at radius 2 is 2.26 bits per heavy atom. The largest absolute Gasteiger partial charge is 0.394 e. The van der Waals surface area contributed by atoms with Crippen molar-refractivity contribution in [1.82, 2.24) is 14.5 Å². The number of nitro groups is 1. The van der Waals surface area contributed by atoms with E-state index in [9.17, 15) is 25.4 Å². The van der Waals surface area contributed by atoms with Crippen LogP contribution in [0.1, 0.15) is 13.2 Å². The van der Waals surface area contributed by atoms with Crippen LogP contribution in [-0.4, -0.2) is 59.2 Å². The predicted molar refractivity (Wildman–Crippen MR) is 76.2 cm³/mol. The van der Waals surface area contributed by atoms with Crippen molar-refractivity contribution in [1.29, 1.82) is 0 Å². The van der Waals surface area contributed by atoms with Crippen molar-refractivity contribution < 1.29 is 25.0 Å². The molecule has 0 radical (unpaired) electrons. The van der Waals surface area contributed by atoms with Crippen LogP contribution >= 0.6 is 0 Å². The molecule has 1 aliphatic heterocycles. The molecule has 0 aliphatic carbocycles. The molecule has 11 nitrogen and oxygen atoms in total. The van der Waals surface area contributed by atoms with E-state index in [2.05, 4.69) is 9.97 Å². The van der Waals surface area contributed by atoms with Crippen LogP contribution in [0.2, 0.25) is 0 Å². The highest BCUT2D eigenvalue weighted by Gasteiger charge is 2.53. The van der Waals surface area contributed by atoms with Gasteiger partial charge in [0, 0.05) is 0 Å². The molecule has 2 aromatic heterocycles. The third-order valence-corrected chi connectivity index (χ3v) is 4.00. The second-order valence-corrected chi connectivity index (χ2v) is 5.52. The Morgan fingerprint density at radius 1 is 1.57 bits per heavy atom.